The van der Waals surface area contributed by atoms with Crippen molar-refractivity contribution in [2.24, 2.45) is 0 Å². The Morgan fingerprint density at radius 1 is 1.13 bits per heavy atom. The highest BCUT2D eigenvalue weighted by Gasteiger charge is 2.17. The van der Waals surface area contributed by atoms with Crippen molar-refractivity contribution in [3.8, 4) is 28.4 Å². The molecule has 0 amide bonds. The number of carboxylic acid groups (broad SMARTS) is 1. The van der Waals surface area contributed by atoms with Crippen LogP contribution in [0.4, 0.5) is 0 Å². The zero-order chi connectivity index (χ0) is 15.8. The van der Waals surface area contributed by atoms with Gasteiger partial charge >= 0.3 is 5.97 Å². The third kappa shape index (κ3) is 2.28. The third-order valence-electron chi connectivity index (χ3n) is 3.56. The number of rotatable bonds is 3. The van der Waals surface area contributed by atoms with Gasteiger partial charge in [0.05, 0.1) is 23.1 Å². The standard InChI is InChI=1S/C16H11N3O4/c20-16(21)11-2-1-3-12(6-11)19-13(8-17-18-19)10-4-5-14-15(7-10)23-9-22-14/h1-8H,9H2,(H,20,21). The lowest BCUT2D eigenvalue weighted by molar-refractivity contribution is 0.0697. The van der Waals surface area contributed by atoms with Crippen LogP contribution in [0, 0.1) is 0 Å². The summed E-state index contributed by atoms with van der Waals surface area (Å²) in [6.45, 7) is 0.205. The fourth-order valence-corrected chi connectivity index (χ4v) is 2.45. The number of fused-ring (bicyclic) bond motifs is 1. The van der Waals surface area contributed by atoms with Crippen molar-refractivity contribution in [2.75, 3.05) is 6.79 Å². The van der Waals surface area contributed by atoms with Gasteiger partial charge in [0.25, 0.3) is 0 Å². The van der Waals surface area contributed by atoms with Crippen LogP contribution >= 0.6 is 0 Å². The normalized spacial score (nSPS) is 12.3. The molecule has 2 heterocycles. The Morgan fingerprint density at radius 2 is 2.00 bits per heavy atom. The van der Waals surface area contributed by atoms with Crippen molar-refractivity contribution in [1.29, 1.82) is 0 Å². The minimum Gasteiger partial charge on any atom is -0.478 e. The molecule has 2 aromatic carbocycles. The van der Waals surface area contributed by atoms with E-state index in [4.69, 9.17) is 14.6 Å². The Hall–Kier alpha value is -3.35. The zero-order valence-electron chi connectivity index (χ0n) is 11.8. The van der Waals surface area contributed by atoms with E-state index in [1.807, 2.05) is 18.2 Å². The topological polar surface area (TPSA) is 86.5 Å². The summed E-state index contributed by atoms with van der Waals surface area (Å²) in [4.78, 5) is 11.1. The summed E-state index contributed by atoms with van der Waals surface area (Å²) in [6, 6.07) is 12.1. The van der Waals surface area contributed by atoms with Gasteiger partial charge in [0.15, 0.2) is 11.5 Å². The molecule has 0 saturated heterocycles. The van der Waals surface area contributed by atoms with Crippen LogP contribution in [0.2, 0.25) is 0 Å². The molecule has 0 fully saturated rings. The van der Waals surface area contributed by atoms with Crippen LogP contribution in [-0.2, 0) is 0 Å². The second-order valence-corrected chi connectivity index (χ2v) is 4.95. The Morgan fingerprint density at radius 3 is 2.87 bits per heavy atom. The summed E-state index contributed by atoms with van der Waals surface area (Å²) < 4.78 is 12.3. The number of aromatic nitrogens is 3. The van der Waals surface area contributed by atoms with Crippen LogP contribution in [0.5, 0.6) is 11.5 Å². The van der Waals surface area contributed by atoms with Gasteiger partial charge in [-0.15, -0.1) is 5.10 Å². The first-order valence-electron chi connectivity index (χ1n) is 6.87. The molecule has 7 heteroatoms. The van der Waals surface area contributed by atoms with Crippen molar-refractivity contribution in [2.45, 2.75) is 0 Å². The van der Waals surface area contributed by atoms with Crippen LogP contribution < -0.4 is 9.47 Å². The molecule has 1 N–H and O–H groups in total. The molecule has 0 saturated carbocycles. The first kappa shape index (κ1) is 13.3. The summed E-state index contributed by atoms with van der Waals surface area (Å²) in [7, 11) is 0. The molecule has 23 heavy (non-hydrogen) atoms. The zero-order valence-corrected chi connectivity index (χ0v) is 11.8. The maximum absolute atomic E-state index is 11.1. The average Bonchev–Trinajstić information content (AvgIpc) is 3.23. The molecule has 114 valence electrons. The van der Waals surface area contributed by atoms with E-state index >= 15 is 0 Å². The number of ether oxygens (including phenoxy) is 2. The lowest BCUT2D eigenvalue weighted by atomic mass is 10.1. The number of carboxylic acids is 1. The van der Waals surface area contributed by atoms with Gasteiger partial charge in [0.1, 0.15) is 0 Å². The van der Waals surface area contributed by atoms with Crippen molar-refractivity contribution in [1.82, 2.24) is 15.0 Å². The lowest BCUT2D eigenvalue weighted by Crippen LogP contribution is -2.02. The van der Waals surface area contributed by atoms with E-state index < -0.39 is 5.97 Å². The predicted molar refractivity (Wildman–Crippen MR) is 79.9 cm³/mol. The van der Waals surface area contributed by atoms with Crippen LogP contribution in [-0.4, -0.2) is 32.9 Å². The fourth-order valence-electron chi connectivity index (χ4n) is 2.45. The number of aromatic carboxylic acids is 1. The number of hydrogen-bond donors (Lipinski definition) is 1. The smallest absolute Gasteiger partial charge is 0.335 e. The van der Waals surface area contributed by atoms with E-state index in [-0.39, 0.29) is 12.4 Å². The Bertz CT molecular complexity index is 904. The van der Waals surface area contributed by atoms with Crippen LogP contribution in [0.1, 0.15) is 10.4 Å². The third-order valence-corrected chi connectivity index (χ3v) is 3.56. The molecule has 1 aliphatic heterocycles. The Kier molecular flexibility index (Phi) is 2.97. The van der Waals surface area contributed by atoms with E-state index in [0.29, 0.717) is 17.2 Å². The van der Waals surface area contributed by atoms with Gasteiger partial charge in [-0.05, 0) is 36.4 Å². The lowest BCUT2D eigenvalue weighted by Gasteiger charge is -2.07. The second-order valence-electron chi connectivity index (χ2n) is 4.95. The SMILES string of the molecule is O=C(O)c1cccc(-n2nncc2-c2ccc3c(c2)OCO3)c1. The van der Waals surface area contributed by atoms with Crippen molar-refractivity contribution >= 4 is 5.97 Å². The molecule has 1 aromatic heterocycles. The molecule has 0 unspecified atom stereocenters. The molecule has 4 rings (SSSR count). The summed E-state index contributed by atoms with van der Waals surface area (Å²) >= 11 is 0. The average molecular weight is 309 g/mol. The van der Waals surface area contributed by atoms with Crippen LogP contribution in [0.3, 0.4) is 0 Å². The molecule has 0 atom stereocenters. The van der Waals surface area contributed by atoms with E-state index in [1.54, 1.807) is 29.1 Å². The monoisotopic (exact) mass is 309 g/mol. The van der Waals surface area contributed by atoms with E-state index in [0.717, 1.165) is 11.3 Å². The van der Waals surface area contributed by atoms with Gasteiger partial charge in [-0.1, -0.05) is 11.3 Å². The molecule has 3 aromatic rings. The summed E-state index contributed by atoms with van der Waals surface area (Å²) in [5.41, 5.74) is 2.38. The quantitative estimate of drug-likeness (QED) is 0.799. The van der Waals surface area contributed by atoms with Crippen molar-refractivity contribution in [3.63, 3.8) is 0 Å². The number of nitrogens with zero attached hydrogens (tertiary/aromatic N) is 3. The highest BCUT2D eigenvalue weighted by Crippen LogP contribution is 2.36. The fraction of sp³-hybridized carbons (Fsp3) is 0.0625. The van der Waals surface area contributed by atoms with Crippen molar-refractivity contribution < 1.29 is 19.4 Å². The molecule has 7 nitrogen and oxygen atoms in total. The largest absolute Gasteiger partial charge is 0.478 e. The van der Waals surface area contributed by atoms with Crippen molar-refractivity contribution in [3.05, 3.63) is 54.2 Å². The minimum atomic E-state index is -0.989. The first-order chi connectivity index (χ1) is 11.2. The Labute approximate surface area is 130 Å². The number of carbonyl (C=O) groups is 1. The molecule has 1 aliphatic rings. The minimum absolute atomic E-state index is 0.189. The summed E-state index contributed by atoms with van der Waals surface area (Å²) in [6.07, 6.45) is 1.62. The highest BCUT2D eigenvalue weighted by atomic mass is 16.7. The van der Waals surface area contributed by atoms with Gasteiger partial charge in [-0.3, -0.25) is 0 Å². The second kappa shape index (κ2) is 5.13. The maximum Gasteiger partial charge on any atom is 0.335 e. The molecule has 0 aliphatic carbocycles. The van der Waals surface area contributed by atoms with Gasteiger partial charge in [0.2, 0.25) is 6.79 Å². The summed E-state index contributed by atoms with van der Waals surface area (Å²) in [5, 5.41) is 17.1. The van der Waals surface area contributed by atoms with Gasteiger partial charge < -0.3 is 14.6 Å². The number of hydrogen-bond acceptors (Lipinski definition) is 5. The predicted octanol–water partition coefficient (Wildman–Crippen LogP) is 2.36. The van der Waals surface area contributed by atoms with E-state index in [1.165, 1.54) is 6.07 Å². The Balaban J connectivity index is 1.80. The molecule has 0 spiro atoms. The number of benzene rings is 2. The molecular weight excluding hydrogens is 298 g/mol. The molecule has 0 bridgehead atoms. The van der Waals surface area contributed by atoms with Gasteiger partial charge in [0, 0.05) is 5.56 Å². The van der Waals surface area contributed by atoms with E-state index in [2.05, 4.69) is 10.3 Å². The van der Waals surface area contributed by atoms with Crippen LogP contribution in [0.25, 0.3) is 16.9 Å². The summed E-state index contributed by atoms with van der Waals surface area (Å²) in [5.74, 6) is 0.367. The maximum atomic E-state index is 11.1. The van der Waals surface area contributed by atoms with E-state index in [9.17, 15) is 4.79 Å². The highest BCUT2D eigenvalue weighted by molar-refractivity contribution is 5.88. The molecule has 0 radical (unpaired) electrons. The molecular formula is C16H11N3O4. The first-order valence-corrected chi connectivity index (χ1v) is 6.87. The van der Waals surface area contributed by atoms with Gasteiger partial charge in [-0.2, -0.15) is 0 Å². The van der Waals surface area contributed by atoms with Gasteiger partial charge in [-0.25, -0.2) is 9.48 Å². The van der Waals surface area contributed by atoms with Crippen LogP contribution in [0.15, 0.2) is 48.7 Å².